The molecule has 0 aliphatic carbocycles. The smallest absolute Gasteiger partial charge is 0.153 e. The molecule has 0 amide bonds. The monoisotopic (exact) mass is 274 g/mol. The molecule has 2 aromatic rings. The zero-order valence-electron chi connectivity index (χ0n) is 10.9. The molecule has 0 bridgehead atoms. The quantitative estimate of drug-likeness (QED) is 0.726. The average Bonchev–Trinajstić information content (AvgIpc) is 2.52. The number of hydrogen-bond donors (Lipinski definition) is 0. The minimum Gasteiger partial charge on any atom is -0.490 e. The van der Waals surface area contributed by atoms with Crippen molar-refractivity contribution in [2.24, 2.45) is 0 Å². The van der Waals surface area contributed by atoms with E-state index in [4.69, 9.17) is 9.47 Å². The number of alkyl halides is 1. The molecule has 104 valence electrons. The van der Waals surface area contributed by atoms with Crippen molar-refractivity contribution in [2.45, 2.75) is 6.61 Å². The van der Waals surface area contributed by atoms with Gasteiger partial charge in [-0.05, 0) is 23.8 Å². The number of hydrogen-bond acceptors (Lipinski definition) is 3. The van der Waals surface area contributed by atoms with Crippen molar-refractivity contribution in [3.63, 3.8) is 0 Å². The molecule has 0 unspecified atom stereocenters. The molecule has 0 saturated carbocycles. The maximum absolute atomic E-state index is 12.1. The number of halogens is 1. The second kappa shape index (κ2) is 7.28. The van der Waals surface area contributed by atoms with Crippen LogP contribution in [0.5, 0.6) is 11.5 Å². The van der Waals surface area contributed by atoms with E-state index in [1.807, 2.05) is 30.3 Å². The summed E-state index contributed by atoms with van der Waals surface area (Å²) in [5, 5.41) is 0. The van der Waals surface area contributed by atoms with Crippen molar-refractivity contribution in [1.82, 2.24) is 0 Å². The van der Waals surface area contributed by atoms with Gasteiger partial charge in [-0.15, -0.1) is 0 Å². The van der Waals surface area contributed by atoms with Gasteiger partial charge in [-0.25, -0.2) is 4.39 Å². The van der Waals surface area contributed by atoms with Crippen LogP contribution in [0.2, 0.25) is 0 Å². The van der Waals surface area contributed by atoms with Crippen LogP contribution in [-0.4, -0.2) is 19.6 Å². The lowest BCUT2D eigenvalue weighted by molar-refractivity contribution is 0.111. The maximum atomic E-state index is 12.1. The fourth-order valence-corrected chi connectivity index (χ4v) is 1.73. The lowest BCUT2D eigenvalue weighted by Crippen LogP contribution is -2.02. The first-order valence-corrected chi connectivity index (χ1v) is 6.28. The fourth-order valence-electron chi connectivity index (χ4n) is 1.73. The van der Waals surface area contributed by atoms with Crippen molar-refractivity contribution >= 4 is 6.29 Å². The lowest BCUT2D eigenvalue weighted by atomic mass is 10.2. The third-order valence-corrected chi connectivity index (χ3v) is 2.69. The number of rotatable bonds is 7. The van der Waals surface area contributed by atoms with Crippen molar-refractivity contribution in [2.75, 3.05) is 13.3 Å². The highest BCUT2D eigenvalue weighted by molar-refractivity contribution is 5.80. The van der Waals surface area contributed by atoms with E-state index in [1.165, 1.54) is 0 Å². The van der Waals surface area contributed by atoms with E-state index in [2.05, 4.69) is 0 Å². The number of aldehydes is 1. The van der Waals surface area contributed by atoms with Gasteiger partial charge in [-0.1, -0.05) is 30.3 Å². The molecule has 0 heterocycles. The van der Waals surface area contributed by atoms with E-state index < -0.39 is 6.67 Å². The van der Waals surface area contributed by atoms with Crippen LogP contribution >= 0.6 is 0 Å². The highest BCUT2D eigenvalue weighted by Crippen LogP contribution is 2.23. The Hall–Kier alpha value is -2.36. The standard InChI is InChI=1S/C16H15FO3/c17-8-9-19-16-7-6-15(10-14(16)11-18)20-12-13-4-2-1-3-5-13/h1-7,10-11H,8-9,12H2. The van der Waals surface area contributed by atoms with Crippen molar-refractivity contribution in [3.8, 4) is 11.5 Å². The van der Waals surface area contributed by atoms with Crippen LogP contribution in [0.1, 0.15) is 15.9 Å². The highest BCUT2D eigenvalue weighted by Gasteiger charge is 2.05. The third kappa shape index (κ3) is 3.82. The largest absolute Gasteiger partial charge is 0.490 e. The van der Waals surface area contributed by atoms with E-state index in [1.54, 1.807) is 18.2 Å². The average molecular weight is 274 g/mol. The topological polar surface area (TPSA) is 35.5 Å². The van der Waals surface area contributed by atoms with Crippen LogP contribution in [0.4, 0.5) is 4.39 Å². The predicted octanol–water partition coefficient (Wildman–Crippen LogP) is 3.43. The summed E-state index contributed by atoms with van der Waals surface area (Å²) in [5.74, 6) is 0.938. The SMILES string of the molecule is O=Cc1cc(OCc2ccccc2)ccc1OCCF. The Kier molecular flexibility index (Phi) is 5.12. The van der Waals surface area contributed by atoms with Crippen LogP contribution in [0.15, 0.2) is 48.5 Å². The zero-order valence-corrected chi connectivity index (χ0v) is 10.9. The summed E-state index contributed by atoms with van der Waals surface area (Å²) in [5.41, 5.74) is 1.39. The van der Waals surface area contributed by atoms with Crippen LogP contribution in [0.3, 0.4) is 0 Å². The maximum Gasteiger partial charge on any atom is 0.153 e. The molecule has 0 aromatic heterocycles. The number of ether oxygens (including phenoxy) is 2. The molecule has 0 N–H and O–H groups in total. The zero-order chi connectivity index (χ0) is 14.2. The van der Waals surface area contributed by atoms with Gasteiger partial charge in [0, 0.05) is 0 Å². The molecule has 20 heavy (non-hydrogen) atoms. The minimum absolute atomic E-state index is 0.0644. The fraction of sp³-hybridized carbons (Fsp3) is 0.188. The summed E-state index contributed by atoms with van der Waals surface area (Å²) in [4.78, 5) is 11.0. The first-order chi connectivity index (χ1) is 9.83. The number of benzene rings is 2. The van der Waals surface area contributed by atoms with Crippen molar-refractivity contribution < 1.29 is 18.7 Å². The van der Waals surface area contributed by atoms with Crippen LogP contribution in [-0.2, 0) is 6.61 Å². The number of carbonyl (C=O) groups excluding carboxylic acids is 1. The highest BCUT2D eigenvalue weighted by atomic mass is 19.1. The van der Waals surface area contributed by atoms with Gasteiger partial charge in [-0.3, -0.25) is 4.79 Å². The van der Waals surface area contributed by atoms with Gasteiger partial charge in [0.25, 0.3) is 0 Å². The third-order valence-electron chi connectivity index (χ3n) is 2.69. The summed E-state index contributed by atoms with van der Waals surface area (Å²) in [6.07, 6.45) is 0.670. The Morgan fingerprint density at radius 1 is 1.05 bits per heavy atom. The summed E-state index contributed by atoms with van der Waals surface area (Å²) >= 11 is 0. The van der Waals surface area contributed by atoms with Gasteiger partial charge < -0.3 is 9.47 Å². The summed E-state index contributed by atoms with van der Waals surface area (Å²) < 4.78 is 22.8. The van der Waals surface area contributed by atoms with Crippen LogP contribution < -0.4 is 9.47 Å². The van der Waals surface area contributed by atoms with E-state index in [0.29, 0.717) is 30.0 Å². The lowest BCUT2D eigenvalue weighted by Gasteiger charge is -2.10. The van der Waals surface area contributed by atoms with Crippen molar-refractivity contribution in [1.29, 1.82) is 0 Å². The molecular formula is C16H15FO3. The van der Waals surface area contributed by atoms with E-state index in [0.717, 1.165) is 5.56 Å². The molecule has 2 aromatic carbocycles. The first kappa shape index (κ1) is 14.1. The van der Waals surface area contributed by atoms with Gasteiger partial charge >= 0.3 is 0 Å². The van der Waals surface area contributed by atoms with E-state index >= 15 is 0 Å². The number of carbonyl (C=O) groups is 1. The van der Waals surface area contributed by atoms with Crippen molar-refractivity contribution in [3.05, 3.63) is 59.7 Å². The van der Waals surface area contributed by atoms with Gasteiger partial charge in [0.15, 0.2) is 6.29 Å². The second-order valence-electron chi connectivity index (χ2n) is 4.13. The minimum atomic E-state index is -0.593. The molecular weight excluding hydrogens is 259 g/mol. The Labute approximate surface area is 117 Å². The summed E-state index contributed by atoms with van der Waals surface area (Å²) in [7, 11) is 0. The molecule has 0 radical (unpaired) electrons. The summed E-state index contributed by atoms with van der Waals surface area (Å²) in [6, 6.07) is 14.6. The van der Waals surface area contributed by atoms with Gasteiger partial charge in [0.1, 0.15) is 31.4 Å². The summed E-state index contributed by atoms with van der Waals surface area (Å²) in [6.45, 7) is -0.237. The van der Waals surface area contributed by atoms with E-state index in [9.17, 15) is 9.18 Å². The molecule has 4 heteroatoms. The Bertz CT molecular complexity index is 555. The predicted molar refractivity (Wildman–Crippen MR) is 74.1 cm³/mol. The van der Waals surface area contributed by atoms with Crippen LogP contribution in [0, 0.1) is 0 Å². The van der Waals surface area contributed by atoms with E-state index in [-0.39, 0.29) is 6.61 Å². The molecule has 3 nitrogen and oxygen atoms in total. The molecule has 0 saturated heterocycles. The first-order valence-electron chi connectivity index (χ1n) is 6.28. The molecule has 2 rings (SSSR count). The Morgan fingerprint density at radius 3 is 2.55 bits per heavy atom. The second-order valence-corrected chi connectivity index (χ2v) is 4.13. The van der Waals surface area contributed by atoms with Gasteiger partial charge in [0.05, 0.1) is 5.56 Å². The molecule has 0 spiro atoms. The molecule has 0 atom stereocenters. The Balaban J connectivity index is 2.03. The van der Waals surface area contributed by atoms with Gasteiger partial charge in [0.2, 0.25) is 0 Å². The molecule has 0 aliphatic heterocycles. The normalized spacial score (nSPS) is 10.1. The van der Waals surface area contributed by atoms with Crippen LogP contribution in [0.25, 0.3) is 0 Å². The molecule has 0 aliphatic rings. The Morgan fingerprint density at radius 2 is 1.85 bits per heavy atom. The molecule has 0 fully saturated rings. The van der Waals surface area contributed by atoms with Gasteiger partial charge in [-0.2, -0.15) is 0 Å².